The molecule has 0 amide bonds. The van der Waals surface area contributed by atoms with Gasteiger partial charge in [0.15, 0.2) is 0 Å². The van der Waals surface area contributed by atoms with Crippen LogP contribution in [0.4, 0.5) is 0 Å². The van der Waals surface area contributed by atoms with Gasteiger partial charge in [-0.05, 0) is 30.2 Å². The smallest absolute Gasteiger partial charge is 0.372 e. The van der Waals surface area contributed by atoms with E-state index in [1.807, 2.05) is 0 Å². The molecular weight excluding hydrogens is 296 g/mol. The Hall–Kier alpha value is -2.56. The van der Waals surface area contributed by atoms with Gasteiger partial charge in [-0.15, -0.1) is 0 Å². The maximum atomic E-state index is 11.2. The van der Waals surface area contributed by atoms with E-state index in [0.717, 1.165) is 18.6 Å². The molecule has 1 aromatic carbocycles. The lowest BCUT2D eigenvalue weighted by Crippen LogP contribution is -2.06. The molecule has 0 spiro atoms. The fourth-order valence-electron chi connectivity index (χ4n) is 2.25. The minimum absolute atomic E-state index is 0.356. The number of hydrogen-bond donors (Lipinski definition) is 1. The number of rotatable bonds is 8. The lowest BCUT2D eigenvalue weighted by molar-refractivity contribution is 0.0658. The lowest BCUT2D eigenvalue weighted by Gasteiger charge is -2.08. The van der Waals surface area contributed by atoms with E-state index in [2.05, 4.69) is 6.92 Å². The fraction of sp³-hybridized carbons (Fsp3) is 0.333. The van der Waals surface area contributed by atoms with Crippen LogP contribution in [0, 0.1) is 0 Å². The SMILES string of the molecule is CCCCCCOc1ccc(-c2ccc(=O)oc2C(=O)O)cc1. The quantitative estimate of drug-likeness (QED) is 0.746. The molecule has 122 valence electrons. The molecule has 0 aliphatic heterocycles. The Kier molecular flexibility index (Phi) is 5.97. The maximum absolute atomic E-state index is 11.2. The molecule has 1 N–H and O–H groups in total. The maximum Gasteiger partial charge on any atom is 0.372 e. The van der Waals surface area contributed by atoms with Gasteiger partial charge in [-0.2, -0.15) is 0 Å². The van der Waals surface area contributed by atoms with Gasteiger partial charge in [0.2, 0.25) is 5.76 Å². The predicted molar refractivity (Wildman–Crippen MR) is 87.0 cm³/mol. The summed E-state index contributed by atoms with van der Waals surface area (Å²) in [4.78, 5) is 22.4. The first-order chi connectivity index (χ1) is 11.1. The Morgan fingerprint density at radius 2 is 1.83 bits per heavy atom. The van der Waals surface area contributed by atoms with Gasteiger partial charge < -0.3 is 14.3 Å². The number of aromatic carboxylic acids is 1. The molecule has 0 aliphatic rings. The van der Waals surface area contributed by atoms with Crippen LogP contribution in [0.25, 0.3) is 11.1 Å². The molecule has 0 atom stereocenters. The topological polar surface area (TPSA) is 76.7 Å². The molecule has 2 rings (SSSR count). The first kappa shape index (κ1) is 16.8. The zero-order valence-corrected chi connectivity index (χ0v) is 13.1. The van der Waals surface area contributed by atoms with Crippen molar-refractivity contribution in [3.05, 3.63) is 52.6 Å². The van der Waals surface area contributed by atoms with E-state index in [0.29, 0.717) is 17.7 Å². The Morgan fingerprint density at radius 3 is 2.48 bits per heavy atom. The Morgan fingerprint density at radius 1 is 1.09 bits per heavy atom. The number of carbonyl (C=O) groups is 1. The average molecular weight is 316 g/mol. The molecule has 0 fully saturated rings. The highest BCUT2D eigenvalue weighted by Gasteiger charge is 2.15. The van der Waals surface area contributed by atoms with Gasteiger partial charge in [0.1, 0.15) is 5.75 Å². The summed E-state index contributed by atoms with van der Waals surface area (Å²) in [6.07, 6.45) is 4.56. The van der Waals surface area contributed by atoms with Gasteiger partial charge in [-0.1, -0.05) is 38.3 Å². The van der Waals surface area contributed by atoms with E-state index in [4.69, 9.17) is 14.3 Å². The van der Waals surface area contributed by atoms with Crippen molar-refractivity contribution in [1.29, 1.82) is 0 Å². The van der Waals surface area contributed by atoms with E-state index in [1.54, 1.807) is 24.3 Å². The molecule has 2 aromatic rings. The number of carboxylic acid groups (broad SMARTS) is 1. The Bertz CT molecular complexity index is 700. The van der Waals surface area contributed by atoms with E-state index in [9.17, 15) is 9.59 Å². The summed E-state index contributed by atoms with van der Waals surface area (Å²) in [6.45, 7) is 2.83. The van der Waals surface area contributed by atoms with Crippen molar-refractivity contribution in [1.82, 2.24) is 0 Å². The Labute approximate surface area is 134 Å². The van der Waals surface area contributed by atoms with Crippen molar-refractivity contribution in [2.24, 2.45) is 0 Å². The van der Waals surface area contributed by atoms with Crippen LogP contribution in [0.2, 0.25) is 0 Å². The molecular formula is C18H20O5. The van der Waals surface area contributed by atoms with Crippen molar-refractivity contribution >= 4 is 5.97 Å². The van der Waals surface area contributed by atoms with E-state index >= 15 is 0 Å². The van der Waals surface area contributed by atoms with Crippen LogP contribution in [0.1, 0.15) is 43.2 Å². The van der Waals surface area contributed by atoms with Crippen molar-refractivity contribution in [3.8, 4) is 16.9 Å². The summed E-state index contributed by atoms with van der Waals surface area (Å²) in [5, 5.41) is 9.14. The van der Waals surface area contributed by atoms with Crippen LogP contribution >= 0.6 is 0 Å². The van der Waals surface area contributed by atoms with Crippen LogP contribution in [-0.2, 0) is 0 Å². The van der Waals surface area contributed by atoms with Gasteiger partial charge in [0, 0.05) is 11.6 Å². The molecule has 0 aliphatic carbocycles. The van der Waals surface area contributed by atoms with Gasteiger partial charge >= 0.3 is 11.6 Å². The molecule has 0 radical (unpaired) electrons. The molecule has 0 saturated heterocycles. The third kappa shape index (κ3) is 4.71. The summed E-state index contributed by atoms with van der Waals surface area (Å²) in [7, 11) is 0. The molecule has 23 heavy (non-hydrogen) atoms. The van der Waals surface area contributed by atoms with Crippen molar-refractivity contribution in [2.75, 3.05) is 6.61 Å². The van der Waals surface area contributed by atoms with E-state index in [1.165, 1.54) is 25.0 Å². The summed E-state index contributed by atoms with van der Waals surface area (Å²) in [5.41, 5.74) is 0.342. The molecule has 5 heteroatoms. The molecule has 1 aromatic heterocycles. The molecule has 1 heterocycles. The third-order valence-electron chi connectivity index (χ3n) is 3.46. The highest BCUT2D eigenvalue weighted by atomic mass is 16.5. The second kappa shape index (κ2) is 8.17. The number of ether oxygens (including phenoxy) is 1. The number of benzene rings is 1. The van der Waals surface area contributed by atoms with Gasteiger partial charge in [0.25, 0.3) is 0 Å². The monoisotopic (exact) mass is 316 g/mol. The minimum atomic E-state index is -1.27. The largest absolute Gasteiger partial charge is 0.494 e. The van der Waals surface area contributed by atoms with Crippen LogP contribution in [0.3, 0.4) is 0 Å². The zero-order chi connectivity index (χ0) is 16.7. The van der Waals surface area contributed by atoms with E-state index < -0.39 is 11.6 Å². The average Bonchev–Trinajstić information content (AvgIpc) is 2.55. The molecule has 0 unspecified atom stereocenters. The van der Waals surface area contributed by atoms with Crippen LogP contribution in [-0.4, -0.2) is 17.7 Å². The van der Waals surface area contributed by atoms with Gasteiger partial charge in [0.05, 0.1) is 6.61 Å². The second-order valence-electron chi connectivity index (χ2n) is 5.24. The van der Waals surface area contributed by atoms with Gasteiger partial charge in [-0.25, -0.2) is 9.59 Å². The first-order valence-corrected chi connectivity index (χ1v) is 7.72. The highest BCUT2D eigenvalue weighted by molar-refractivity contribution is 5.92. The normalized spacial score (nSPS) is 10.5. The van der Waals surface area contributed by atoms with E-state index in [-0.39, 0.29) is 5.76 Å². The van der Waals surface area contributed by atoms with Crippen LogP contribution in [0.5, 0.6) is 5.75 Å². The van der Waals surface area contributed by atoms with Crippen molar-refractivity contribution < 1.29 is 19.1 Å². The molecule has 0 bridgehead atoms. The van der Waals surface area contributed by atoms with Crippen LogP contribution in [0.15, 0.2) is 45.6 Å². The van der Waals surface area contributed by atoms with Gasteiger partial charge in [-0.3, -0.25) is 0 Å². The summed E-state index contributed by atoms with van der Waals surface area (Å²) < 4.78 is 10.4. The van der Waals surface area contributed by atoms with Crippen molar-refractivity contribution in [3.63, 3.8) is 0 Å². The number of carboxylic acids is 1. The minimum Gasteiger partial charge on any atom is -0.494 e. The van der Waals surface area contributed by atoms with Crippen molar-refractivity contribution in [2.45, 2.75) is 32.6 Å². The second-order valence-corrected chi connectivity index (χ2v) is 5.24. The Balaban J connectivity index is 2.08. The third-order valence-corrected chi connectivity index (χ3v) is 3.46. The molecule has 5 nitrogen and oxygen atoms in total. The lowest BCUT2D eigenvalue weighted by atomic mass is 10.0. The summed E-state index contributed by atoms with van der Waals surface area (Å²) in [6, 6.07) is 9.74. The number of unbranched alkanes of at least 4 members (excludes halogenated alkanes) is 3. The highest BCUT2D eigenvalue weighted by Crippen LogP contribution is 2.25. The standard InChI is InChI=1S/C18H20O5/c1-2-3-4-5-12-22-14-8-6-13(7-9-14)15-10-11-16(19)23-17(15)18(20)21/h6-11H,2-5,12H2,1H3,(H,20,21). The van der Waals surface area contributed by atoms with Crippen LogP contribution < -0.4 is 10.4 Å². The predicted octanol–water partition coefficient (Wildman–Crippen LogP) is 3.96. The summed E-state index contributed by atoms with van der Waals surface area (Å²) >= 11 is 0. The molecule has 0 saturated carbocycles. The number of hydrogen-bond acceptors (Lipinski definition) is 4. The fourth-order valence-corrected chi connectivity index (χ4v) is 2.25. The first-order valence-electron chi connectivity index (χ1n) is 7.72. The summed E-state index contributed by atoms with van der Waals surface area (Å²) in [5.74, 6) is -0.890. The zero-order valence-electron chi connectivity index (χ0n) is 13.1.